The van der Waals surface area contributed by atoms with Crippen molar-refractivity contribution in [1.29, 1.82) is 0 Å². The Morgan fingerprint density at radius 2 is 2.11 bits per heavy atom. The molecule has 4 N–H and O–H groups in total. The summed E-state index contributed by atoms with van der Waals surface area (Å²) in [6.45, 7) is 5.11. The lowest BCUT2D eigenvalue weighted by molar-refractivity contribution is -0.385. The van der Waals surface area contributed by atoms with Gasteiger partial charge in [0.05, 0.1) is 16.1 Å². The van der Waals surface area contributed by atoms with E-state index in [0.29, 0.717) is 11.1 Å². The van der Waals surface area contributed by atoms with Gasteiger partial charge in [-0.05, 0) is 18.6 Å². The van der Waals surface area contributed by atoms with E-state index >= 15 is 0 Å². The van der Waals surface area contributed by atoms with E-state index < -0.39 is 16.8 Å². The van der Waals surface area contributed by atoms with Crippen molar-refractivity contribution in [2.24, 2.45) is 16.5 Å². The summed E-state index contributed by atoms with van der Waals surface area (Å²) in [7, 11) is 0. The SMILES string of the molecule is C=Cc1cc(C)c(C(=O)N=C(N)N)cc1[N+](=O)[O-]. The summed E-state index contributed by atoms with van der Waals surface area (Å²) in [5, 5.41) is 10.9. The number of hydrogen-bond donors (Lipinski definition) is 2. The summed E-state index contributed by atoms with van der Waals surface area (Å²) in [4.78, 5) is 25.3. The highest BCUT2D eigenvalue weighted by Crippen LogP contribution is 2.24. The minimum absolute atomic E-state index is 0.0840. The monoisotopic (exact) mass is 248 g/mol. The van der Waals surface area contributed by atoms with E-state index in [2.05, 4.69) is 11.6 Å². The third kappa shape index (κ3) is 2.70. The highest BCUT2D eigenvalue weighted by molar-refractivity contribution is 6.03. The van der Waals surface area contributed by atoms with Gasteiger partial charge in [0.25, 0.3) is 11.6 Å². The molecule has 1 amide bonds. The van der Waals surface area contributed by atoms with E-state index in [4.69, 9.17) is 11.5 Å². The van der Waals surface area contributed by atoms with Gasteiger partial charge in [-0.3, -0.25) is 14.9 Å². The van der Waals surface area contributed by atoms with E-state index in [1.165, 1.54) is 12.1 Å². The second kappa shape index (κ2) is 5.09. The molecule has 0 heterocycles. The number of benzene rings is 1. The predicted octanol–water partition coefficient (Wildman–Crippen LogP) is 0.960. The number of nitro groups is 1. The lowest BCUT2D eigenvalue weighted by atomic mass is 10.0. The lowest BCUT2D eigenvalue weighted by Crippen LogP contribution is -2.24. The molecule has 0 aliphatic heterocycles. The van der Waals surface area contributed by atoms with Gasteiger partial charge in [0.2, 0.25) is 0 Å². The van der Waals surface area contributed by atoms with Crippen molar-refractivity contribution in [3.05, 3.63) is 45.5 Å². The molecule has 0 unspecified atom stereocenters. The van der Waals surface area contributed by atoms with E-state index in [1.807, 2.05) is 0 Å². The van der Waals surface area contributed by atoms with E-state index in [1.54, 1.807) is 6.92 Å². The standard InChI is InChI=1S/C11H12N4O3/c1-3-7-4-6(2)8(5-9(7)15(17)18)10(16)14-11(12)13/h3-5H,1H2,2H3,(H4,12,13,14,16). The van der Waals surface area contributed by atoms with Gasteiger partial charge >= 0.3 is 0 Å². The molecule has 1 aromatic rings. The molecule has 0 saturated carbocycles. The maximum atomic E-state index is 11.7. The zero-order valence-electron chi connectivity index (χ0n) is 9.71. The third-order valence-corrected chi connectivity index (χ3v) is 2.25. The van der Waals surface area contributed by atoms with Crippen molar-refractivity contribution >= 4 is 23.6 Å². The first-order valence-electron chi connectivity index (χ1n) is 4.92. The molecule has 94 valence electrons. The number of amides is 1. The highest BCUT2D eigenvalue weighted by atomic mass is 16.6. The lowest BCUT2D eigenvalue weighted by Gasteiger charge is -2.04. The molecule has 0 aliphatic carbocycles. The fourth-order valence-corrected chi connectivity index (χ4v) is 1.45. The van der Waals surface area contributed by atoms with Gasteiger partial charge in [0.15, 0.2) is 5.96 Å². The Kier molecular flexibility index (Phi) is 3.78. The van der Waals surface area contributed by atoms with Crippen LogP contribution in [0.1, 0.15) is 21.5 Å². The first kappa shape index (κ1) is 13.4. The van der Waals surface area contributed by atoms with Crippen molar-refractivity contribution in [3.8, 4) is 0 Å². The fraction of sp³-hybridized carbons (Fsp3) is 0.0909. The van der Waals surface area contributed by atoms with Gasteiger partial charge in [0, 0.05) is 6.07 Å². The molecule has 0 radical (unpaired) electrons. The Hall–Kier alpha value is -2.70. The van der Waals surface area contributed by atoms with Crippen molar-refractivity contribution in [1.82, 2.24) is 0 Å². The topological polar surface area (TPSA) is 125 Å². The molecule has 0 aliphatic rings. The second-order valence-electron chi connectivity index (χ2n) is 3.53. The summed E-state index contributed by atoms with van der Waals surface area (Å²) in [5.74, 6) is -1.11. The van der Waals surface area contributed by atoms with Crippen LogP contribution in [-0.4, -0.2) is 16.8 Å². The number of carbonyl (C=O) groups is 1. The van der Waals surface area contributed by atoms with Crippen molar-refractivity contribution < 1.29 is 9.72 Å². The maximum absolute atomic E-state index is 11.7. The number of carbonyl (C=O) groups excluding carboxylic acids is 1. The molecule has 0 bridgehead atoms. The van der Waals surface area contributed by atoms with Crippen LogP contribution in [0, 0.1) is 17.0 Å². The molecule has 7 heteroatoms. The van der Waals surface area contributed by atoms with Gasteiger partial charge in [-0.15, -0.1) is 0 Å². The van der Waals surface area contributed by atoms with Crippen LogP contribution in [0.25, 0.3) is 6.08 Å². The summed E-state index contributed by atoms with van der Waals surface area (Å²) >= 11 is 0. The molecular weight excluding hydrogens is 236 g/mol. The number of aliphatic imine (C=N–C) groups is 1. The first-order valence-corrected chi connectivity index (χ1v) is 4.92. The van der Waals surface area contributed by atoms with Gasteiger partial charge in [-0.1, -0.05) is 12.7 Å². The summed E-state index contributed by atoms with van der Waals surface area (Å²) in [6, 6.07) is 2.63. The quantitative estimate of drug-likeness (QED) is 0.356. The Morgan fingerprint density at radius 3 is 2.56 bits per heavy atom. The molecule has 0 saturated heterocycles. The molecule has 1 rings (SSSR count). The van der Waals surface area contributed by atoms with Crippen LogP contribution in [0.5, 0.6) is 0 Å². The van der Waals surface area contributed by atoms with E-state index in [-0.39, 0.29) is 11.3 Å². The van der Waals surface area contributed by atoms with Crippen LogP contribution < -0.4 is 11.5 Å². The minimum atomic E-state index is -0.716. The van der Waals surface area contributed by atoms with Crippen LogP contribution in [0.15, 0.2) is 23.7 Å². The molecule has 1 aromatic carbocycles. The molecule has 18 heavy (non-hydrogen) atoms. The average Bonchev–Trinajstić information content (AvgIpc) is 2.26. The van der Waals surface area contributed by atoms with E-state index in [0.717, 1.165) is 6.07 Å². The van der Waals surface area contributed by atoms with Gasteiger partial charge in [-0.25, -0.2) is 0 Å². The zero-order chi connectivity index (χ0) is 13.9. The zero-order valence-corrected chi connectivity index (χ0v) is 9.71. The van der Waals surface area contributed by atoms with Crippen molar-refractivity contribution in [2.75, 3.05) is 0 Å². The molecule has 7 nitrogen and oxygen atoms in total. The molecule has 0 aromatic heterocycles. The number of hydrogen-bond acceptors (Lipinski definition) is 3. The minimum Gasteiger partial charge on any atom is -0.370 e. The number of guanidine groups is 1. The van der Waals surface area contributed by atoms with Gasteiger partial charge < -0.3 is 11.5 Å². The number of nitrogens with two attached hydrogens (primary N) is 2. The van der Waals surface area contributed by atoms with Crippen LogP contribution in [0.4, 0.5) is 5.69 Å². The molecule has 0 atom stereocenters. The van der Waals surface area contributed by atoms with Crippen molar-refractivity contribution in [3.63, 3.8) is 0 Å². The van der Waals surface area contributed by atoms with Gasteiger partial charge in [-0.2, -0.15) is 4.99 Å². The second-order valence-corrected chi connectivity index (χ2v) is 3.53. The summed E-state index contributed by atoms with van der Waals surface area (Å²) < 4.78 is 0. The Bertz CT molecular complexity index is 560. The number of nitro benzene ring substituents is 1. The molecule has 0 fully saturated rings. The molecule has 0 spiro atoms. The van der Waals surface area contributed by atoms with Crippen molar-refractivity contribution in [2.45, 2.75) is 6.92 Å². The van der Waals surface area contributed by atoms with Gasteiger partial charge in [0.1, 0.15) is 0 Å². The smallest absolute Gasteiger partial charge is 0.280 e. The predicted molar refractivity (Wildman–Crippen MR) is 68.1 cm³/mol. The van der Waals surface area contributed by atoms with Crippen LogP contribution in [-0.2, 0) is 0 Å². The summed E-state index contributed by atoms with van der Waals surface area (Å²) in [6.07, 6.45) is 1.35. The Morgan fingerprint density at radius 1 is 1.50 bits per heavy atom. The third-order valence-electron chi connectivity index (χ3n) is 2.25. The highest BCUT2D eigenvalue weighted by Gasteiger charge is 2.18. The Labute approximate surface area is 103 Å². The van der Waals surface area contributed by atoms with Crippen LogP contribution in [0.3, 0.4) is 0 Å². The van der Waals surface area contributed by atoms with E-state index in [9.17, 15) is 14.9 Å². The number of nitrogens with zero attached hydrogens (tertiary/aromatic N) is 2. The Balaban J connectivity index is 3.43. The normalized spacial score (nSPS) is 9.61. The summed E-state index contributed by atoms with van der Waals surface area (Å²) in [5.41, 5.74) is 10.9. The van der Waals surface area contributed by atoms with Crippen LogP contribution >= 0.6 is 0 Å². The fourth-order valence-electron chi connectivity index (χ4n) is 1.45. The largest absolute Gasteiger partial charge is 0.370 e. The average molecular weight is 248 g/mol. The first-order chi connectivity index (χ1) is 8.36. The maximum Gasteiger partial charge on any atom is 0.280 e. The number of aryl methyl sites for hydroxylation is 1. The number of rotatable bonds is 3. The van der Waals surface area contributed by atoms with Crippen LogP contribution in [0.2, 0.25) is 0 Å². The molecular formula is C11H12N4O3.